The Kier molecular flexibility index (Phi) is 7.14. The van der Waals surface area contributed by atoms with E-state index in [1.54, 1.807) is 20.8 Å². The number of anilines is 2. The molecule has 0 atom stereocenters. The number of alkyl halides is 3. The van der Waals surface area contributed by atoms with Gasteiger partial charge >= 0.3 is 12.2 Å². The number of hydrogen-bond donors (Lipinski definition) is 2. The summed E-state index contributed by atoms with van der Waals surface area (Å²) < 4.78 is 62.9. The van der Waals surface area contributed by atoms with Crippen molar-refractivity contribution in [3.63, 3.8) is 0 Å². The van der Waals surface area contributed by atoms with Gasteiger partial charge in [-0.25, -0.2) is 28.7 Å². The smallest absolute Gasteiger partial charge is 0.416 e. The molecule has 0 aliphatic heterocycles. The number of H-pyrrole nitrogens is 1. The molecule has 3 heterocycles. The summed E-state index contributed by atoms with van der Waals surface area (Å²) in [6, 6.07) is 10.2. The highest BCUT2D eigenvalue weighted by Gasteiger charge is 2.32. The number of rotatable bonds is 5. The molecule has 0 aliphatic rings. The van der Waals surface area contributed by atoms with Gasteiger partial charge in [-0.15, -0.1) is 0 Å². The molecule has 0 unspecified atom stereocenters. The molecule has 0 saturated heterocycles. The van der Waals surface area contributed by atoms with Gasteiger partial charge in [0.15, 0.2) is 17.2 Å². The fourth-order valence-corrected chi connectivity index (χ4v) is 4.06. The van der Waals surface area contributed by atoms with Crippen LogP contribution < -0.4 is 20.5 Å². The van der Waals surface area contributed by atoms with Crippen molar-refractivity contribution < 1.29 is 27.1 Å². The second-order valence-electron chi connectivity index (χ2n) is 10.1. The first-order chi connectivity index (χ1) is 19.8. The van der Waals surface area contributed by atoms with Crippen LogP contribution >= 0.6 is 0 Å². The number of aromatic nitrogens is 5. The zero-order valence-corrected chi connectivity index (χ0v) is 22.4. The van der Waals surface area contributed by atoms with Crippen molar-refractivity contribution >= 4 is 28.7 Å². The molecule has 216 valence electrons. The van der Waals surface area contributed by atoms with E-state index >= 15 is 4.39 Å². The Morgan fingerprint density at radius 2 is 1.81 bits per heavy atom. The molecule has 5 rings (SSSR count). The minimum atomic E-state index is -4.61. The van der Waals surface area contributed by atoms with Crippen LogP contribution in [0.5, 0.6) is 11.5 Å². The lowest BCUT2D eigenvalue weighted by atomic mass is 10.1. The number of nitrogens with zero attached hydrogens (tertiary/aromatic N) is 5. The maximum atomic E-state index is 15.8. The molecule has 5 aromatic rings. The van der Waals surface area contributed by atoms with Gasteiger partial charge in [0, 0.05) is 29.9 Å². The average molecular weight is 582 g/mol. The number of urea groups is 1. The van der Waals surface area contributed by atoms with E-state index in [-0.39, 0.29) is 39.9 Å². The van der Waals surface area contributed by atoms with Gasteiger partial charge in [-0.3, -0.25) is 4.79 Å². The minimum Gasteiger partial charge on any atom is -0.455 e. The first kappa shape index (κ1) is 28.3. The van der Waals surface area contributed by atoms with Crippen molar-refractivity contribution in [2.24, 2.45) is 0 Å². The van der Waals surface area contributed by atoms with E-state index in [0.717, 1.165) is 34.0 Å². The molecule has 0 radical (unpaired) electrons. The van der Waals surface area contributed by atoms with Crippen molar-refractivity contribution in [2.75, 3.05) is 4.90 Å². The van der Waals surface area contributed by atoms with Crippen LogP contribution in [0.15, 0.2) is 78.0 Å². The van der Waals surface area contributed by atoms with Crippen LogP contribution in [-0.4, -0.2) is 36.3 Å². The molecular weight excluding hydrogens is 558 g/mol. The highest BCUT2D eigenvalue weighted by Crippen LogP contribution is 2.35. The molecule has 2 N–H and O–H groups in total. The molecule has 0 spiro atoms. The normalized spacial score (nSPS) is 11.9. The third-order valence-corrected chi connectivity index (χ3v) is 5.78. The molecule has 2 amide bonds. The predicted octanol–water partition coefficient (Wildman–Crippen LogP) is 6.10. The van der Waals surface area contributed by atoms with E-state index < -0.39 is 34.7 Å². The monoisotopic (exact) mass is 581 g/mol. The second kappa shape index (κ2) is 10.6. The minimum absolute atomic E-state index is 0.00820. The number of amides is 2. The lowest BCUT2D eigenvalue weighted by Gasteiger charge is -2.29. The van der Waals surface area contributed by atoms with Crippen molar-refractivity contribution in [3.05, 3.63) is 94.9 Å². The number of aromatic amines is 1. The molecule has 2 aromatic carbocycles. The zero-order chi connectivity index (χ0) is 30.2. The molecule has 0 saturated carbocycles. The SMILES string of the molecule is CC(C)(C)NC(=O)N(c1ccc(Oc2ccnc3[nH]c(=O)cnc23)cc1F)c1ccnn1-c1cccc(C(F)(F)F)c1. The predicted molar refractivity (Wildman–Crippen MR) is 146 cm³/mol. The maximum absolute atomic E-state index is 15.8. The summed E-state index contributed by atoms with van der Waals surface area (Å²) in [6.45, 7) is 5.17. The van der Waals surface area contributed by atoms with Gasteiger partial charge in [0.25, 0.3) is 5.56 Å². The van der Waals surface area contributed by atoms with E-state index in [0.29, 0.717) is 0 Å². The molecule has 10 nitrogen and oxygen atoms in total. The molecule has 0 fully saturated rings. The van der Waals surface area contributed by atoms with Gasteiger partial charge in [0.1, 0.15) is 17.1 Å². The Bertz CT molecular complexity index is 1840. The molecular formula is C28H23F4N7O3. The molecule has 14 heteroatoms. The Hall–Kier alpha value is -5.27. The maximum Gasteiger partial charge on any atom is 0.416 e. The number of halogens is 4. The van der Waals surface area contributed by atoms with Crippen LogP contribution in [0, 0.1) is 5.82 Å². The Balaban J connectivity index is 1.56. The van der Waals surface area contributed by atoms with E-state index in [9.17, 15) is 22.8 Å². The van der Waals surface area contributed by atoms with Gasteiger partial charge < -0.3 is 15.0 Å². The lowest BCUT2D eigenvalue weighted by molar-refractivity contribution is -0.137. The van der Waals surface area contributed by atoms with Crippen LogP contribution in [0.2, 0.25) is 0 Å². The van der Waals surface area contributed by atoms with Crippen molar-refractivity contribution in [3.8, 4) is 17.2 Å². The molecule has 3 aromatic heterocycles. The average Bonchev–Trinajstić information content (AvgIpc) is 3.38. The fraction of sp³-hybridized carbons (Fsp3) is 0.179. The van der Waals surface area contributed by atoms with Crippen molar-refractivity contribution in [1.82, 2.24) is 30.0 Å². The largest absolute Gasteiger partial charge is 0.455 e. The van der Waals surface area contributed by atoms with Crippen LogP contribution in [0.25, 0.3) is 16.9 Å². The molecule has 0 aliphatic carbocycles. The third-order valence-electron chi connectivity index (χ3n) is 5.78. The van der Waals surface area contributed by atoms with Crippen LogP contribution in [0.1, 0.15) is 26.3 Å². The van der Waals surface area contributed by atoms with Gasteiger partial charge in [-0.1, -0.05) is 6.07 Å². The number of fused-ring (bicyclic) bond motifs is 1. The van der Waals surface area contributed by atoms with Crippen LogP contribution in [-0.2, 0) is 6.18 Å². The highest BCUT2D eigenvalue weighted by atomic mass is 19.4. The van der Waals surface area contributed by atoms with Gasteiger partial charge in [0.05, 0.1) is 29.3 Å². The number of hydrogen-bond acceptors (Lipinski definition) is 6. The summed E-state index contributed by atoms with van der Waals surface area (Å²) in [5.41, 5.74) is -1.93. The molecule has 42 heavy (non-hydrogen) atoms. The summed E-state index contributed by atoms with van der Waals surface area (Å²) in [5.74, 6) is -0.669. The summed E-state index contributed by atoms with van der Waals surface area (Å²) in [7, 11) is 0. The van der Waals surface area contributed by atoms with Crippen molar-refractivity contribution in [1.29, 1.82) is 0 Å². The topological polar surface area (TPSA) is 118 Å². The Morgan fingerprint density at radius 1 is 1.02 bits per heavy atom. The summed E-state index contributed by atoms with van der Waals surface area (Å²) in [5, 5.41) is 6.87. The number of carbonyl (C=O) groups excluding carboxylic acids is 1. The first-order valence-corrected chi connectivity index (χ1v) is 12.5. The standard InChI is InChI=1S/C28H23F4N7O3/c1-27(2,3)37-26(41)38(23-10-12-35-39(23)17-6-4-5-16(13-17)28(30,31)32)20-8-7-18(14-19(20)29)42-21-9-11-33-25-24(21)34-15-22(40)36-25/h4-15H,1-3H3,(H,37,41)(H,33,36,40). The van der Waals surface area contributed by atoms with Gasteiger partial charge in [-0.2, -0.15) is 18.3 Å². The van der Waals surface area contributed by atoms with E-state index in [2.05, 4.69) is 25.4 Å². The summed E-state index contributed by atoms with van der Waals surface area (Å²) >= 11 is 0. The van der Waals surface area contributed by atoms with Gasteiger partial charge in [-0.05, 0) is 51.1 Å². The Labute approximate surface area is 235 Å². The fourth-order valence-electron chi connectivity index (χ4n) is 4.06. The Morgan fingerprint density at radius 3 is 2.52 bits per heavy atom. The van der Waals surface area contributed by atoms with Crippen molar-refractivity contribution in [2.45, 2.75) is 32.5 Å². The first-order valence-electron chi connectivity index (χ1n) is 12.5. The van der Waals surface area contributed by atoms with Crippen LogP contribution in [0.4, 0.5) is 33.9 Å². The number of benzene rings is 2. The number of carbonyl (C=O) groups is 1. The second-order valence-corrected chi connectivity index (χ2v) is 10.1. The van der Waals surface area contributed by atoms with E-state index in [1.807, 2.05) is 0 Å². The number of ether oxygens (including phenoxy) is 1. The number of pyridine rings is 1. The third kappa shape index (κ3) is 5.92. The molecule has 0 bridgehead atoms. The van der Waals surface area contributed by atoms with Crippen LogP contribution in [0.3, 0.4) is 0 Å². The number of nitrogens with one attached hydrogen (secondary N) is 2. The van der Waals surface area contributed by atoms with E-state index in [1.165, 1.54) is 48.8 Å². The van der Waals surface area contributed by atoms with Gasteiger partial charge in [0.2, 0.25) is 0 Å². The lowest BCUT2D eigenvalue weighted by Crippen LogP contribution is -2.47. The zero-order valence-electron chi connectivity index (χ0n) is 22.4. The summed E-state index contributed by atoms with van der Waals surface area (Å²) in [4.78, 5) is 36.7. The van der Waals surface area contributed by atoms with E-state index in [4.69, 9.17) is 4.74 Å². The summed E-state index contributed by atoms with van der Waals surface area (Å²) in [6.07, 6.45) is -0.888. The quantitative estimate of drug-likeness (QED) is 0.242. The highest BCUT2D eigenvalue weighted by molar-refractivity contribution is 5.99.